The van der Waals surface area contributed by atoms with Crippen molar-refractivity contribution in [2.45, 2.75) is 18.4 Å². The van der Waals surface area contributed by atoms with E-state index in [9.17, 15) is 13.2 Å². The van der Waals surface area contributed by atoms with Crippen LogP contribution in [0.25, 0.3) is 11.1 Å². The van der Waals surface area contributed by atoms with E-state index >= 15 is 0 Å². The van der Waals surface area contributed by atoms with Gasteiger partial charge in [0.1, 0.15) is 0 Å². The minimum absolute atomic E-state index is 0.00183. The normalized spacial score (nSPS) is 11.7. The molecule has 0 bridgehead atoms. The quantitative estimate of drug-likeness (QED) is 0.782. The molecule has 23 heavy (non-hydrogen) atoms. The summed E-state index contributed by atoms with van der Waals surface area (Å²) in [5, 5.41) is 0.423. The summed E-state index contributed by atoms with van der Waals surface area (Å²) in [5.41, 5.74) is 1.13. The van der Waals surface area contributed by atoms with Crippen molar-refractivity contribution < 1.29 is 12.8 Å². The summed E-state index contributed by atoms with van der Waals surface area (Å²) in [6, 6.07) is 10.7. The second kappa shape index (κ2) is 5.75. The summed E-state index contributed by atoms with van der Waals surface area (Å²) in [7, 11) is -3.81. The standard InChI is InChI=1S/C15H13ClN2O4S/c1-2-18-13-7-6-12(9-14(13)22-15(18)19)23(20,21)17-11-5-3-4-10(16)8-11/h3-9,17H,2H2,1H3. The lowest BCUT2D eigenvalue weighted by atomic mass is 10.3. The smallest absolute Gasteiger partial charge is 0.408 e. The highest BCUT2D eigenvalue weighted by atomic mass is 35.5. The first-order chi connectivity index (χ1) is 10.9. The van der Waals surface area contributed by atoms with Crippen LogP contribution in [0.1, 0.15) is 6.92 Å². The highest BCUT2D eigenvalue weighted by molar-refractivity contribution is 7.92. The molecule has 0 aliphatic heterocycles. The average Bonchev–Trinajstić information content (AvgIpc) is 2.80. The van der Waals surface area contributed by atoms with E-state index in [1.807, 2.05) is 6.92 Å². The van der Waals surface area contributed by atoms with Crippen LogP contribution in [0.3, 0.4) is 0 Å². The SMILES string of the molecule is CCn1c(=O)oc2cc(S(=O)(=O)Nc3cccc(Cl)c3)ccc21. The fourth-order valence-corrected chi connectivity index (χ4v) is 3.53. The fraction of sp³-hybridized carbons (Fsp3) is 0.133. The number of aryl methyl sites for hydroxylation is 1. The minimum atomic E-state index is -3.81. The van der Waals surface area contributed by atoms with E-state index in [1.165, 1.54) is 22.8 Å². The first kappa shape index (κ1) is 15.6. The predicted octanol–water partition coefficient (Wildman–Crippen LogP) is 3.07. The molecule has 6 nitrogen and oxygen atoms in total. The lowest BCUT2D eigenvalue weighted by Gasteiger charge is -2.08. The molecular weight excluding hydrogens is 340 g/mol. The van der Waals surface area contributed by atoms with Gasteiger partial charge in [-0.15, -0.1) is 0 Å². The van der Waals surface area contributed by atoms with Gasteiger partial charge < -0.3 is 4.42 Å². The molecule has 1 N–H and O–H groups in total. The van der Waals surface area contributed by atoms with Crippen LogP contribution in [0.5, 0.6) is 0 Å². The van der Waals surface area contributed by atoms with Gasteiger partial charge in [-0.2, -0.15) is 0 Å². The summed E-state index contributed by atoms with van der Waals surface area (Å²) in [5.74, 6) is -0.514. The van der Waals surface area contributed by atoms with Crippen LogP contribution < -0.4 is 10.5 Å². The van der Waals surface area contributed by atoms with Gasteiger partial charge in [0, 0.05) is 17.6 Å². The summed E-state index contributed by atoms with van der Waals surface area (Å²) in [4.78, 5) is 11.7. The molecule has 0 amide bonds. The molecule has 0 spiro atoms. The molecule has 2 aromatic carbocycles. The van der Waals surface area contributed by atoms with Crippen molar-refractivity contribution in [2.24, 2.45) is 0 Å². The van der Waals surface area contributed by atoms with Crippen LogP contribution >= 0.6 is 11.6 Å². The molecule has 120 valence electrons. The number of nitrogens with one attached hydrogen (secondary N) is 1. The molecule has 3 aromatic rings. The highest BCUT2D eigenvalue weighted by Gasteiger charge is 2.17. The Morgan fingerprint density at radius 1 is 1.22 bits per heavy atom. The maximum absolute atomic E-state index is 12.4. The predicted molar refractivity (Wildman–Crippen MR) is 88.4 cm³/mol. The molecule has 3 rings (SSSR count). The number of halogens is 1. The van der Waals surface area contributed by atoms with Crippen molar-refractivity contribution in [2.75, 3.05) is 4.72 Å². The van der Waals surface area contributed by atoms with Gasteiger partial charge in [-0.3, -0.25) is 9.29 Å². The van der Waals surface area contributed by atoms with E-state index in [1.54, 1.807) is 24.3 Å². The number of aromatic nitrogens is 1. The van der Waals surface area contributed by atoms with Gasteiger partial charge in [-0.25, -0.2) is 13.2 Å². The minimum Gasteiger partial charge on any atom is -0.408 e. The third-order valence-corrected chi connectivity index (χ3v) is 4.96. The van der Waals surface area contributed by atoms with Crippen LogP contribution in [0.15, 0.2) is 56.6 Å². The van der Waals surface area contributed by atoms with Gasteiger partial charge in [0.25, 0.3) is 10.0 Å². The van der Waals surface area contributed by atoms with E-state index in [-0.39, 0.29) is 10.5 Å². The molecule has 0 fully saturated rings. The van der Waals surface area contributed by atoms with Crippen molar-refractivity contribution in [3.8, 4) is 0 Å². The molecule has 0 radical (unpaired) electrons. The number of sulfonamides is 1. The van der Waals surface area contributed by atoms with E-state index in [0.717, 1.165) is 0 Å². The Labute approximate surface area is 137 Å². The maximum atomic E-state index is 12.4. The molecule has 0 unspecified atom stereocenters. The van der Waals surface area contributed by atoms with Crippen molar-refractivity contribution in [1.82, 2.24) is 4.57 Å². The molecule has 1 aromatic heterocycles. The lowest BCUT2D eigenvalue weighted by Crippen LogP contribution is -2.13. The Morgan fingerprint density at radius 2 is 2.00 bits per heavy atom. The number of hydrogen-bond donors (Lipinski definition) is 1. The second-order valence-corrected chi connectivity index (χ2v) is 6.98. The Morgan fingerprint density at radius 3 is 2.70 bits per heavy atom. The lowest BCUT2D eigenvalue weighted by molar-refractivity contribution is 0.512. The largest absolute Gasteiger partial charge is 0.419 e. The van der Waals surface area contributed by atoms with Crippen molar-refractivity contribution in [3.63, 3.8) is 0 Å². The first-order valence-electron chi connectivity index (χ1n) is 6.82. The fourth-order valence-electron chi connectivity index (χ4n) is 2.28. The van der Waals surface area contributed by atoms with Crippen molar-refractivity contribution >= 4 is 38.4 Å². The zero-order valence-corrected chi connectivity index (χ0v) is 13.7. The topological polar surface area (TPSA) is 81.3 Å². The first-order valence-corrected chi connectivity index (χ1v) is 8.68. The van der Waals surface area contributed by atoms with Crippen LogP contribution in [-0.4, -0.2) is 13.0 Å². The van der Waals surface area contributed by atoms with Crippen LogP contribution in [0.4, 0.5) is 5.69 Å². The molecule has 1 heterocycles. The summed E-state index contributed by atoms with van der Waals surface area (Å²) in [6.07, 6.45) is 0. The Kier molecular flexibility index (Phi) is 3.91. The van der Waals surface area contributed by atoms with Gasteiger partial charge in [0.05, 0.1) is 16.1 Å². The number of anilines is 1. The van der Waals surface area contributed by atoms with E-state index in [0.29, 0.717) is 22.8 Å². The average molecular weight is 353 g/mol. The van der Waals surface area contributed by atoms with Gasteiger partial charge in [0.2, 0.25) is 0 Å². The van der Waals surface area contributed by atoms with Crippen LogP contribution in [0, 0.1) is 0 Å². The Hall–Kier alpha value is -2.25. The molecule has 0 atom stereocenters. The summed E-state index contributed by atoms with van der Waals surface area (Å²) < 4.78 is 33.8. The molecule has 0 saturated heterocycles. The van der Waals surface area contributed by atoms with E-state index in [2.05, 4.69) is 4.72 Å². The van der Waals surface area contributed by atoms with Crippen molar-refractivity contribution in [3.05, 3.63) is 58.0 Å². The second-order valence-electron chi connectivity index (χ2n) is 4.86. The zero-order valence-electron chi connectivity index (χ0n) is 12.1. The molecule has 0 saturated carbocycles. The highest BCUT2D eigenvalue weighted by Crippen LogP contribution is 2.22. The number of rotatable bonds is 4. The number of fused-ring (bicyclic) bond motifs is 1. The number of benzene rings is 2. The van der Waals surface area contributed by atoms with Crippen LogP contribution in [-0.2, 0) is 16.6 Å². The monoisotopic (exact) mass is 352 g/mol. The molecule has 0 aliphatic carbocycles. The zero-order chi connectivity index (χ0) is 16.6. The number of nitrogens with zero attached hydrogens (tertiary/aromatic N) is 1. The number of oxazole rings is 1. The van der Waals surface area contributed by atoms with Gasteiger partial charge in [0.15, 0.2) is 5.58 Å². The molecule has 0 aliphatic rings. The van der Waals surface area contributed by atoms with E-state index in [4.69, 9.17) is 16.0 Å². The maximum Gasteiger partial charge on any atom is 0.419 e. The molecular formula is C15H13ClN2O4S. The van der Waals surface area contributed by atoms with E-state index < -0.39 is 15.8 Å². The van der Waals surface area contributed by atoms with Crippen molar-refractivity contribution in [1.29, 1.82) is 0 Å². The Bertz CT molecular complexity index is 1040. The van der Waals surface area contributed by atoms with Gasteiger partial charge >= 0.3 is 5.76 Å². The van der Waals surface area contributed by atoms with Crippen LogP contribution in [0.2, 0.25) is 5.02 Å². The van der Waals surface area contributed by atoms with Gasteiger partial charge in [-0.05, 0) is 37.3 Å². The summed E-state index contributed by atoms with van der Waals surface area (Å²) >= 11 is 5.85. The molecule has 8 heteroatoms. The Balaban J connectivity index is 2.03. The summed E-state index contributed by atoms with van der Waals surface area (Å²) in [6.45, 7) is 2.25. The third kappa shape index (κ3) is 2.97. The number of hydrogen-bond acceptors (Lipinski definition) is 4. The third-order valence-electron chi connectivity index (χ3n) is 3.34. The van der Waals surface area contributed by atoms with Gasteiger partial charge in [-0.1, -0.05) is 17.7 Å².